The van der Waals surface area contributed by atoms with Crippen molar-refractivity contribution in [3.8, 4) is 0 Å². The van der Waals surface area contributed by atoms with Crippen LogP contribution in [0.25, 0.3) is 0 Å². The zero-order valence-corrected chi connectivity index (χ0v) is 14.3. The predicted octanol–water partition coefficient (Wildman–Crippen LogP) is 1.79. The molecule has 0 radical (unpaired) electrons. The summed E-state index contributed by atoms with van der Waals surface area (Å²) in [7, 11) is 0. The van der Waals surface area contributed by atoms with Crippen LogP contribution < -0.4 is 0 Å². The molecule has 2 aliphatic rings. The van der Waals surface area contributed by atoms with Crippen molar-refractivity contribution in [3.05, 3.63) is 42.1 Å². The van der Waals surface area contributed by atoms with E-state index in [1.807, 2.05) is 27.9 Å². The molecule has 2 fully saturated rings. The number of amides is 1. The number of ether oxygens (including phenoxy) is 1. The molecule has 0 saturated carbocycles. The molecule has 4 heterocycles. The van der Waals surface area contributed by atoms with Crippen LogP contribution in [0.3, 0.4) is 0 Å². The first-order valence-electron chi connectivity index (χ1n) is 8.96. The van der Waals surface area contributed by atoms with Crippen LogP contribution in [0.1, 0.15) is 35.0 Å². The van der Waals surface area contributed by atoms with E-state index >= 15 is 0 Å². The number of likely N-dealkylation sites (tertiary alicyclic amines) is 1. The molecule has 4 rings (SSSR count). The Kier molecular flexibility index (Phi) is 4.85. The van der Waals surface area contributed by atoms with Crippen molar-refractivity contribution >= 4 is 5.91 Å². The first-order valence-corrected chi connectivity index (χ1v) is 8.96. The molecule has 0 aliphatic carbocycles. The van der Waals surface area contributed by atoms with Gasteiger partial charge in [0.25, 0.3) is 5.91 Å². The van der Waals surface area contributed by atoms with Gasteiger partial charge in [0, 0.05) is 50.7 Å². The number of hydrogen-bond acceptors (Lipinski definition) is 5. The molecule has 2 saturated heterocycles. The highest BCUT2D eigenvalue weighted by molar-refractivity contribution is 5.93. The molecule has 134 valence electrons. The maximum Gasteiger partial charge on any atom is 0.289 e. The van der Waals surface area contributed by atoms with E-state index < -0.39 is 0 Å². The number of furan rings is 1. The minimum absolute atomic E-state index is 0.00915. The molecular formula is C18H24N4O3. The second kappa shape index (κ2) is 7.41. The molecule has 25 heavy (non-hydrogen) atoms. The Morgan fingerprint density at radius 1 is 1.28 bits per heavy atom. The third-order valence-electron chi connectivity index (χ3n) is 5.02. The van der Waals surface area contributed by atoms with E-state index in [1.165, 1.54) is 0 Å². The summed E-state index contributed by atoms with van der Waals surface area (Å²) in [4.78, 5) is 17.2. The van der Waals surface area contributed by atoms with Crippen molar-refractivity contribution in [1.82, 2.24) is 19.6 Å². The number of carbonyl (C=O) groups excluding carboxylic acids is 1. The molecule has 1 amide bonds. The number of hydrogen-bond donors (Lipinski definition) is 0. The highest BCUT2D eigenvalue weighted by Crippen LogP contribution is 2.24. The third-order valence-corrected chi connectivity index (χ3v) is 5.02. The summed E-state index contributed by atoms with van der Waals surface area (Å²) in [5.41, 5.74) is 0.966. The summed E-state index contributed by atoms with van der Waals surface area (Å²) in [6.45, 7) is 5.47. The van der Waals surface area contributed by atoms with E-state index in [1.54, 1.807) is 12.5 Å². The zero-order chi connectivity index (χ0) is 17.1. The standard InChI is InChI=1S/C18H24N4O3/c23-18(21-6-1-3-16(14-21)22-7-2-5-19-22)17-15(4-10-25-17)13-20-8-11-24-12-9-20/h2,4-5,7,10,16H,1,3,6,8-9,11-14H2/t16-/m0/s1. The van der Waals surface area contributed by atoms with Crippen LogP contribution in [-0.4, -0.2) is 64.9 Å². The van der Waals surface area contributed by atoms with Gasteiger partial charge in [-0.1, -0.05) is 0 Å². The van der Waals surface area contributed by atoms with Crippen molar-refractivity contribution in [2.45, 2.75) is 25.4 Å². The average molecular weight is 344 g/mol. The molecule has 2 aliphatic heterocycles. The molecule has 1 atom stereocenters. The Hall–Kier alpha value is -2.12. The van der Waals surface area contributed by atoms with Crippen molar-refractivity contribution in [3.63, 3.8) is 0 Å². The number of nitrogens with zero attached hydrogens (tertiary/aromatic N) is 4. The summed E-state index contributed by atoms with van der Waals surface area (Å²) < 4.78 is 12.9. The number of rotatable bonds is 4. The van der Waals surface area contributed by atoms with Gasteiger partial charge in [0.1, 0.15) is 0 Å². The van der Waals surface area contributed by atoms with E-state index in [2.05, 4.69) is 10.00 Å². The second-order valence-electron chi connectivity index (χ2n) is 6.70. The van der Waals surface area contributed by atoms with E-state index in [0.717, 1.165) is 57.8 Å². The van der Waals surface area contributed by atoms with Crippen molar-refractivity contribution < 1.29 is 13.9 Å². The predicted molar refractivity (Wildman–Crippen MR) is 91.2 cm³/mol. The average Bonchev–Trinajstić information content (AvgIpc) is 3.34. The summed E-state index contributed by atoms with van der Waals surface area (Å²) in [6, 6.07) is 4.08. The van der Waals surface area contributed by atoms with Crippen LogP contribution >= 0.6 is 0 Å². The smallest absolute Gasteiger partial charge is 0.289 e. The van der Waals surface area contributed by atoms with Gasteiger partial charge >= 0.3 is 0 Å². The Morgan fingerprint density at radius 2 is 2.16 bits per heavy atom. The minimum Gasteiger partial charge on any atom is -0.459 e. The number of morpholine rings is 1. The highest BCUT2D eigenvalue weighted by atomic mass is 16.5. The molecule has 0 spiro atoms. The molecule has 0 N–H and O–H groups in total. The highest BCUT2D eigenvalue weighted by Gasteiger charge is 2.29. The van der Waals surface area contributed by atoms with Gasteiger partial charge in [0.05, 0.1) is 25.5 Å². The number of aromatic nitrogens is 2. The van der Waals surface area contributed by atoms with Gasteiger partial charge in [-0.25, -0.2) is 0 Å². The van der Waals surface area contributed by atoms with E-state index in [9.17, 15) is 4.79 Å². The van der Waals surface area contributed by atoms with Crippen LogP contribution in [0.15, 0.2) is 35.2 Å². The van der Waals surface area contributed by atoms with Crippen LogP contribution in [0, 0.1) is 0 Å². The zero-order valence-electron chi connectivity index (χ0n) is 14.3. The van der Waals surface area contributed by atoms with Crippen molar-refractivity contribution in [2.75, 3.05) is 39.4 Å². The molecule has 0 unspecified atom stereocenters. The molecule has 0 aromatic carbocycles. The van der Waals surface area contributed by atoms with Gasteiger partial charge in [0.15, 0.2) is 5.76 Å². The SMILES string of the molecule is O=C(c1occc1CN1CCOCC1)N1CCC[C@H](n2cccn2)C1. The molecular weight excluding hydrogens is 320 g/mol. The fourth-order valence-corrected chi connectivity index (χ4v) is 3.64. The lowest BCUT2D eigenvalue weighted by Gasteiger charge is -2.32. The van der Waals surface area contributed by atoms with E-state index in [0.29, 0.717) is 12.3 Å². The van der Waals surface area contributed by atoms with Gasteiger partial charge in [0.2, 0.25) is 0 Å². The van der Waals surface area contributed by atoms with Crippen LogP contribution in [0.2, 0.25) is 0 Å². The van der Waals surface area contributed by atoms with Crippen LogP contribution in [-0.2, 0) is 11.3 Å². The first kappa shape index (κ1) is 16.4. The topological polar surface area (TPSA) is 63.7 Å². The van der Waals surface area contributed by atoms with Crippen LogP contribution in [0.5, 0.6) is 0 Å². The van der Waals surface area contributed by atoms with Gasteiger partial charge in [-0.3, -0.25) is 14.4 Å². The Balaban J connectivity index is 1.44. The van der Waals surface area contributed by atoms with Gasteiger partial charge < -0.3 is 14.1 Å². The lowest BCUT2D eigenvalue weighted by Crippen LogP contribution is -2.41. The molecule has 7 nitrogen and oxygen atoms in total. The molecule has 2 aromatic rings. The van der Waals surface area contributed by atoms with E-state index in [-0.39, 0.29) is 11.9 Å². The maximum absolute atomic E-state index is 13.0. The fraction of sp³-hybridized carbons (Fsp3) is 0.556. The number of piperidine rings is 1. The summed E-state index contributed by atoms with van der Waals surface area (Å²) in [5.74, 6) is 0.470. The Labute approximate surface area is 147 Å². The first-order chi connectivity index (χ1) is 12.3. The third kappa shape index (κ3) is 3.62. The van der Waals surface area contributed by atoms with Crippen molar-refractivity contribution in [2.24, 2.45) is 0 Å². The van der Waals surface area contributed by atoms with Gasteiger partial charge in [-0.05, 0) is 25.0 Å². The lowest BCUT2D eigenvalue weighted by molar-refractivity contribution is 0.0337. The van der Waals surface area contributed by atoms with E-state index in [4.69, 9.17) is 9.15 Å². The monoisotopic (exact) mass is 344 g/mol. The largest absolute Gasteiger partial charge is 0.459 e. The lowest BCUT2D eigenvalue weighted by atomic mass is 10.1. The summed E-state index contributed by atoms with van der Waals surface area (Å²) in [5, 5.41) is 4.33. The maximum atomic E-state index is 13.0. The molecule has 7 heteroatoms. The Morgan fingerprint density at radius 3 is 2.96 bits per heavy atom. The minimum atomic E-state index is -0.00915. The molecule has 2 aromatic heterocycles. The summed E-state index contributed by atoms with van der Waals surface area (Å²) in [6.07, 6.45) is 7.40. The normalized spacial score (nSPS) is 22.2. The summed E-state index contributed by atoms with van der Waals surface area (Å²) >= 11 is 0. The van der Waals surface area contributed by atoms with Gasteiger partial charge in [-0.15, -0.1) is 0 Å². The molecule has 0 bridgehead atoms. The Bertz CT molecular complexity index is 691. The number of carbonyl (C=O) groups is 1. The fourth-order valence-electron chi connectivity index (χ4n) is 3.64. The van der Waals surface area contributed by atoms with Gasteiger partial charge in [-0.2, -0.15) is 5.10 Å². The second-order valence-corrected chi connectivity index (χ2v) is 6.70. The quantitative estimate of drug-likeness (QED) is 0.846. The van der Waals surface area contributed by atoms with Crippen LogP contribution in [0.4, 0.5) is 0 Å². The van der Waals surface area contributed by atoms with Crippen molar-refractivity contribution in [1.29, 1.82) is 0 Å².